The van der Waals surface area contributed by atoms with Crippen molar-refractivity contribution >= 4 is 23.0 Å². The summed E-state index contributed by atoms with van der Waals surface area (Å²) in [6, 6.07) is 26.6. The van der Waals surface area contributed by atoms with Crippen LogP contribution in [-0.4, -0.2) is 19.1 Å². The third-order valence-corrected chi connectivity index (χ3v) is 8.46. The Morgan fingerprint density at radius 3 is 2.45 bits per heavy atom. The van der Waals surface area contributed by atoms with Crippen LogP contribution in [0.5, 0.6) is 11.5 Å². The van der Waals surface area contributed by atoms with E-state index in [0.717, 1.165) is 77.4 Å². The van der Waals surface area contributed by atoms with Crippen molar-refractivity contribution in [2.24, 2.45) is 5.92 Å². The van der Waals surface area contributed by atoms with Gasteiger partial charge in [0.15, 0.2) is 5.60 Å². The largest absolute Gasteiger partial charge is 0.456 e. The summed E-state index contributed by atoms with van der Waals surface area (Å²) < 4.78 is 13.2. The molecule has 0 aromatic heterocycles. The van der Waals surface area contributed by atoms with Gasteiger partial charge in [0.05, 0.1) is 5.56 Å². The summed E-state index contributed by atoms with van der Waals surface area (Å²) in [4.78, 5) is 15.9. The van der Waals surface area contributed by atoms with Crippen molar-refractivity contribution in [1.82, 2.24) is 0 Å². The fraction of sp³-hybridized carbons (Fsp3) is 0.324. The molecule has 0 saturated heterocycles. The van der Waals surface area contributed by atoms with Gasteiger partial charge in [-0.15, -0.1) is 0 Å². The van der Waals surface area contributed by atoms with E-state index in [1.807, 2.05) is 30.3 Å². The lowest BCUT2D eigenvalue weighted by molar-refractivity contribution is 0.0224. The molecule has 1 spiro atoms. The van der Waals surface area contributed by atoms with Crippen LogP contribution < -0.4 is 15.0 Å². The molecule has 0 radical (unpaired) electrons. The number of nitrogens with one attached hydrogen (secondary N) is 1. The summed E-state index contributed by atoms with van der Waals surface area (Å²) >= 11 is 0. The van der Waals surface area contributed by atoms with Crippen molar-refractivity contribution < 1.29 is 14.3 Å². The summed E-state index contributed by atoms with van der Waals surface area (Å²) in [6.07, 6.45) is 3.39. The molecular formula is C37H40N2O3. The number of hydrogen-bond acceptors (Lipinski definition) is 5. The Hall–Kier alpha value is -4.25. The Bertz CT molecular complexity index is 1640. The summed E-state index contributed by atoms with van der Waals surface area (Å²) in [7, 11) is 0. The first-order valence-corrected chi connectivity index (χ1v) is 15.2. The summed E-state index contributed by atoms with van der Waals surface area (Å²) in [5, 5.41) is 3.59. The zero-order valence-corrected chi connectivity index (χ0v) is 25.3. The van der Waals surface area contributed by atoms with Gasteiger partial charge < -0.3 is 19.7 Å². The Labute approximate surface area is 249 Å². The smallest absolute Gasteiger partial charge is 0.340 e. The number of fused-ring (bicyclic) bond motifs is 6. The molecule has 5 heteroatoms. The van der Waals surface area contributed by atoms with Crippen molar-refractivity contribution in [3.8, 4) is 11.5 Å². The zero-order chi connectivity index (χ0) is 29.4. The van der Waals surface area contributed by atoms with Crippen LogP contribution in [0.4, 0.5) is 17.1 Å². The molecule has 5 nitrogen and oxygen atoms in total. The van der Waals surface area contributed by atoms with E-state index in [4.69, 9.17) is 9.47 Å². The average molecular weight is 561 g/mol. The van der Waals surface area contributed by atoms with Crippen molar-refractivity contribution in [3.05, 3.63) is 112 Å². The zero-order valence-electron chi connectivity index (χ0n) is 25.3. The third-order valence-electron chi connectivity index (χ3n) is 8.46. The van der Waals surface area contributed by atoms with E-state index in [2.05, 4.69) is 93.4 Å². The second-order valence-corrected chi connectivity index (χ2v) is 12.1. The van der Waals surface area contributed by atoms with Gasteiger partial charge in [0.1, 0.15) is 11.5 Å². The molecule has 2 heterocycles. The number of benzene rings is 4. The van der Waals surface area contributed by atoms with Crippen LogP contribution >= 0.6 is 0 Å². The molecule has 0 aliphatic carbocycles. The topological polar surface area (TPSA) is 50.8 Å². The Morgan fingerprint density at radius 2 is 1.67 bits per heavy atom. The number of unbranched alkanes of at least 4 members (excludes halogenated alkanes) is 1. The number of ether oxygens (including phenoxy) is 2. The minimum absolute atomic E-state index is 0.316. The standard InChI is InChI=1S/C37H40N2O3/c1-6-7-18-39(19-17-24(2)3)28-15-16-31-35(22-28)41-34-21-26(5)33(38-27-12-10-11-25(4)20-27)23-32(34)37(31)30-14-9-8-13-29(30)36(40)42-37/h8-16,20-24,38H,6-7,17-19H2,1-5H3. The number of carbonyl (C=O) groups is 1. The molecule has 4 aromatic rings. The fourth-order valence-corrected chi connectivity index (χ4v) is 6.15. The second kappa shape index (κ2) is 11.2. The normalized spacial score (nSPS) is 16.5. The number of aryl methyl sites for hydroxylation is 2. The minimum atomic E-state index is -1.10. The van der Waals surface area contributed by atoms with E-state index < -0.39 is 5.60 Å². The Balaban J connectivity index is 1.50. The minimum Gasteiger partial charge on any atom is -0.456 e. The molecule has 4 aromatic carbocycles. The van der Waals surface area contributed by atoms with Gasteiger partial charge in [-0.25, -0.2) is 4.79 Å². The molecule has 1 unspecified atom stereocenters. The fourth-order valence-electron chi connectivity index (χ4n) is 6.15. The monoisotopic (exact) mass is 560 g/mol. The van der Waals surface area contributed by atoms with E-state index in [0.29, 0.717) is 17.2 Å². The number of rotatable bonds is 9. The van der Waals surface area contributed by atoms with E-state index >= 15 is 0 Å². The first-order valence-electron chi connectivity index (χ1n) is 15.2. The van der Waals surface area contributed by atoms with Gasteiger partial charge in [-0.3, -0.25) is 0 Å². The highest BCUT2D eigenvalue weighted by Gasteiger charge is 2.53. The van der Waals surface area contributed by atoms with Crippen LogP contribution in [-0.2, 0) is 10.3 Å². The molecule has 0 amide bonds. The van der Waals surface area contributed by atoms with Crippen LogP contribution in [0.15, 0.2) is 78.9 Å². The summed E-state index contributed by atoms with van der Waals surface area (Å²) in [6.45, 7) is 12.9. The maximum Gasteiger partial charge on any atom is 0.340 e. The molecular weight excluding hydrogens is 520 g/mol. The molecule has 0 fully saturated rings. The van der Waals surface area contributed by atoms with Crippen molar-refractivity contribution in [3.63, 3.8) is 0 Å². The van der Waals surface area contributed by atoms with Gasteiger partial charge in [0.2, 0.25) is 0 Å². The van der Waals surface area contributed by atoms with Crippen LogP contribution in [0, 0.1) is 19.8 Å². The molecule has 42 heavy (non-hydrogen) atoms. The first-order chi connectivity index (χ1) is 20.3. The lowest BCUT2D eigenvalue weighted by Crippen LogP contribution is -2.33. The maximum atomic E-state index is 13.4. The molecule has 2 aliphatic heterocycles. The Morgan fingerprint density at radius 1 is 0.857 bits per heavy atom. The predicted molar refractivity (Wildman–Crippen MR) is 170 cm³/mol. The quantitative estimate of drug-likeness (QED) is 0.207. The summed E-state index contributed by atoms with van der Waals surface area (Å²) in [5.41, 5.74) is 7.33. The molecule has 0 saturated carbocycles. The van der Waals surface area contributed by atoms with E-state index in [1.54, 1.807) is 0 Å². The number of hydrogen-bond donors (Lipinski definition) is 1. The van der Waals surface area contributed by atoms with Crippen molar-refractivity contribution in [1.29, 1.82) is 0 Å². The highest BCUT2D eigenvalue weighted by molar-refractivity contribution is 5.97. The van der Waals surface area contributed by atoms with Crippen LogP contribution in [0.2, 0.25) is 0 Å². The van der Waals surface area contributed by atoms with Gasteiger partial charge in [-0.2, -0.15) is 0 Å². The molecule has 6 rings (SSSR count). The molecule has 1 N–H and O–H groups in total. The number of esters is 1. The highest BCUT2D eigenvalue weighted by atomic mass is 16.6. The highest BCUT2D eigenvalue weighted by Crippen LogP contribution is 2.57. The maximum absolute atomic E-state index is 13.4. The Kier molecular flexibility index (Phi) is 7.44. The first kappa shape index (κ1) is 27.9. The van der Waals surface area contributed by atoms with Crippen LogP contribution in [0.25, 0.3) is 0 Å². The van der Waals surface area contributed by atoms with E-state index in [1.165, 1.54) is 5.56 Å². The van der Waals surface area contributed by atoms with Crippen LogP contribution in [0.3, 0.4) is 0 Å². The van der Waals surface area contributed by atoms with Gasteiger partial charge in [0, 0.05) is 52.9 Å². The van der Waals surface area contributed by atoms with E-state index in [-0.39, 0.29) is 5.97 Å². The van der Waals surface area contributed by atoms with Crippen molar-refractivity contribution in [2.45, 2.75) is 59.5 Å². The summed E-state index contributed by atoms with van der Waals surface area (Å²) in [5.74, 6) is 1.75. The van der Waals surface area contributed by atoms with Gasteiger partial charge in [0.25, 0.3) is 0 Å². The van der Waals surface area contributed by atoms with Gasteiger partial charge >= 0.3 is 5.97 Å². The number of nitrogens with zero attached hydrogens (tertiary/aromatic N) is 1. The van der Waals surface area contributed by atoms with Gasteiger partial charge in [-0.05, 0) is 86.2 Å². The average Bonchev–Trinajstić information content (AvgIpc) is 3.26. The number of anilines is 3. The second-order valence-electron chi connectivity index (χ2n) is 12.1. The lowest BCUT2D eigenvalue weighted by Gasteiger charge is -2.38. The van der Waals surface area contributed by atoms with Crippen LogP contribution in [0.1, 0.15) is 78.2 Å². The molecule has 2 aliphatic rings. The molecule has 1 atom stereocenters. The SMILES string of the molecule is CCCCN(CCC(C)C)c1ccc2c(c1)Oc1cc(C)c(Nc3cccc(C)c3)cc1C21OC(=O)c2ccccc21. The van der Waals surface area contributed by atoms with Gasteiger partial charge in [-0.1, -0.05) is 57.5 Å². The molecule has 0 bridgehead atoms. The predicted octanol–water partition coefficient (Wildman–Crippen LogP) is 9.27. The molecule has 216 valence electrons. The third kappa shape index (κ3) is 4.91. The van der Waals surface area contributed by atoms with Crippen molar-refractivity contribution in [2.75, 3.05) is 23.3 Å². The number of carbonyl (C=O) groups excluding carboxylic acids is 1. The lowest BCUT2D eigenvalue weighted by atomic mass is 9.77. The van der Waals surface area contributed by atoms with E-state index in [9.17, 15) is 4.79 Å².